The summed E-state index contributed by atoms with van der Waals surface area (Å²) in [6.07, 6.45) is 0. The fourth-order valence-electron chi connectivity index (χ4n) is 2.05. The van der Waals surface area contributed by atoms with Crippen LogP contribution in [0.3, 0.4) is 0 Å². The van der Waals surface area contributed by atoms with Crippen LogP contribution in [0.4, 0.5) is 5.13 Å². The number of halogens is 1. The van der Waals surface area contributed by atoms with Crippen LogP contribution < -0.4 is 20.5 Å². The molecule has 2 aromatic rings. The van der Waals surface area contributed by atoms with Crippen LogP contribution >= 0.6 is 23.7 Å². The number of thiazole rings is 1. The molecule has 0 fully saturated rings. The van der Waals surface area contributed by atoms with E-state index in [4.69, 9.17) is 15.2 Å². The van der Waals surface area contributed by atoms with Crippen molar-refractivity contribution < 1.29 is 14.3 Å². The Balaban J connectivity index is 0.00000312. The highest BCUT2D eigenvalue weighted by Crippen LogP contribution is 2.35. The van der Waals surface area contributed by atoms with Crippen LogP contribution in [0.15, 0.2) is 23.6 Å². The Hall–Kier alpha value is -1.83. The smallest absolute Gasteiger partial charge is 0.243 e. The maximum Gasteiger partial charge on any atom is 0.243 e. The highest BCUT2D eigenvalue weighted by atomic mass is 35.5. The number of rotatable bonds is 5. The first-order valence-corrected chi connectivity index (χ1v) is 8.38. The lowest BCUT2D eigenvalue weighted by atomic mass is 9.87. The molecule has 6 nitrogen and oxygen atoms in total. The van der Waals surface area contributed by atoms with Crippen LogP contribution in [0.5, 0.6) is 11.5 Å². The van der Waals surface area contributed by atoms with E-state index in [1.165, 1.54) is 11.3 Å². The number of methoxy groups -OCH3 is 2. The fourth-order valence-corrected chi connectivity index (χ4v) is 2.76. The fraction of sp³-hybridized carbons (Fsp3) is 0.412. The second kappa shape index (κ2) is 8.51. The first-order valence-electron chi connectivity index (χ1n) is 7.50. The molecule has 0 bridgehead atoms. The summed E-state index contributed by atoms with van der Waals surface area (Å²) < 4.78 is 10.6. The number of benzene rings is 1. The zero-order valence-corrected chi connectivity index (χ0v) is 16.6. The van der Waals surface area contributed by atoms with Crippen molar-refractivity contribution in [3.05, 3.63) is 23.6 Å². The number of nitrogens with zero attached hydrogens (tertiary/aromatic N) is 1. The molecule has 1 aromatic carbocycles. The molecule has 1 amide bonds. The van der Waals surface area contributed by atoms with E-state index in [1.54, 1.807) is 14.2 Å². The van der Waals surface area contributed by atoms with E-state index in [0.29, 0.717) is 22.3 Å². The molecule has 1 atom stereocenters. The van der Waals surface area contributed by atoms with E-state index in [0.717, 1.165) is 5.56 Å². The third-order valence-electron chi connectivity index (χ3n) is 3.63. The molecule has 1 heterocycles. The zero-order valence-electron chi connectivity index (χ0n) is 15.0. The standard InChI is InChI=1S/C17H23N3O3S.ClH/c1-17(2,3)14(18)15(21)20-16-19-12(9-24-16)11-8-10(22-4)6-7-13(11)23-5;/h6-9,14H,18H2,1-5H3,(H,19,20,21);1H/t14-;/m1./s1. The number of carbonyl (C=O) groups excluding carboxylic acids is 1. The van der Waals surface area contributed by atoms with E-state index in [1.807, 2.05) is 44.4 Å². The molecule has 0 aliphatic rings. The first-order chi connectivity index (χ1) is 11.3. The molecule has 0 aliphatic carbocycles. The number of amides is 1. The average molecular weight is 386 g/mol. The molecule has 0 spiro atoms. The van der Waals surface area contributed by atoms with Crippen LogP contribution in [0, 0.1) is 5.41 Å². The largest absolute Gasteiger partial charge is 0.497 e. The third kappa shape index (κ3) is 5.07. The van der Waals surface area contributed by atoms with Gasteiger partial charge in [0, 0.05) is 10.9 Å². The van der Waals surface area contributed by atoms with Crippen molar-refractivity contribution in [1.29, 1.82) is 0 Å². The first kappa shape index (κ1) is 21.2. The number of carbonyl (C=O) groups is 1. The summed E-state index contributed by atoms with van der Waals surface area (Å²) in [5.41, 5.74) is 7.16. The summed E-state index contributed by atoms with van der Waals surface area (Å²) in [5.74, 6) is 1.14. The molecule has 0 aliphatic heterocycles. The second-order valence-corrected chi connectivity index (χ2v) is 7.30. The lowest BCUT2D eigenvalue weighted by molar-refractivity contribution is -0.119. The predicted molar refractivity (Wildman–Crippen MR) is 104 cm³/mol. The Bertz CT molecular complexity index is 728. The van der Waals surface area contributed by atoms with Gasteiger partial charge in [0.05, 0.1) is 26.0 Å². The van der Waals surface area contributed by atoms with Crippen molar-refractivity contribution in [2.75, 3.05) is 19.5 Å². The Kier molecular flexibility index (Phi) is 7.22. The quantitative estimate of drug-likeness (QED) is 0.821. The highest BCUT2D eigenvalue weighted by Gasteiger charge is 2.28. The van der Waals surface area contributed by atoms with E-state index >= 15 is 0 Å². The van der Waals surface area contributed by atoms with E-state index in [2.05, 4.69) is 10.3 Å². The van der Waals surface area contributed by atoms with Gasteiger partial charge in [-0.05, 0) is 23.6 Å². The van der Waals surface area contributed by atoms with Crippen molar-refractivity contribution in [3.8, 4) is 22.8 Å². The van der Waals surface area contributed by atoms with Crippen LogP contribution in [0.1, 0.15) is 20.8 Å². The molecule has 25 heavy (non-hydrogen) atoms. The maximum atomic E-state index is 12.2. The van der Waals surface area contributed by atoms with Crippen molar-refractivity contribution in [2.24, 2.45) is 11.1 Å². The minimum atomic E-state index is -0.615. The van der Waals surface area contributed by atoms with Crippen molar-refractivity contribution >= 4 is 34.8 Å². The summed E-state index contributed by atoms with van der Waals surface area (Å²) in [4.78, 5) is 16.7. The summed E-state index contributed by atoms with van der Waals surface area (Å²) in [6, 6.07) is 4.87. The van der Waals surface area contributed by atoms with Crippen LogP contribution in [-0.4, -0.2) is 31.2 Å². The summed E-state index contributed by atoms with van der Waals surface area (Å²) in [7, 11) is 3.20. The van der Waals surface area contributed by atoms with Gasteiger partial charge in [0.2, 0.25) is 5.91 Å². The molecular weight excluding hydrogens is 362 g/mol. The van der Waals surface area contributed by atoms with Crippen LogP contribution in [0.2, 0.25) is 0 Å². The molecule has 3 N–H and O–H groups in total. The number of nitrogens with one attached hydrogen (secondary N) is 1. The highest BCUT2D eigenvalue weighted by molar-refractivity contribution is 7.14. The Morgan fingerprint density at radius 3 is 2.52 bits per heavy atom. The number of nitrogens with two attached hydrogens (primary N) is 1. The van der Waals surface area contributed by atoms with Gasteiger partial charge < -0.3 is 20.5 Å². The van der Waals surface area contributed by atoms with Gasteiger partial charge in [-0.25, -0.2) is 4.98 Å². The van der Waals surface area contributed by atoms with Gasteiger partial charge in [-0.1, -0.05) is 20.8 Å². The van der Waals surface area contributed by atoms with Gasteiger partial charge >= 0.3 is 0 Å². The minimum Gasteiger partial charge on any atom is -0.497 e. The second-order valence-electron chi connectivity index (χ2n) is 6.44. The topological polar surface area (TPSA) is 86.5 Å². The zero-order chi connectivity index (χ0) is 17.9. The SMILES string of the molecule is COc1ccc(OC)c(-c2csc(NC(=O)[C@@H](N)C(C)(C)C)n2)c1.Cl. The third-order valence-corrected chi connectivity index (χ3v) is 4.39. The number of hydrogen-bond donors (Lipinski definition) is 2. The van der Waals surface area contributed by atoms with E-state index < -0.39 is 6.04 Å². The van der Waals surface area contributed by atoms with Gasteiger partial charge in [0.15, 0.2) is 5.13 Å². The number of anilines is 1. The molecule has 0 saturated carbocycles. The molecule has 8 heteroatoms. The van der Waals surface area contributed by atoms with Gasteiger partial charge in [-0.3, -0.25) is 4.79 Å². The van der Waals surface area contributed by atoms with Gasteiger partial charge in [0.25, 0.3) is 0 Å². The van der Waals surface area contributed by atoms with Crippen LogP contribution in [-0.2, 0) is 4.79 Å². The summed E-state index contributed by atoms with van der Waals surface area (Å²) in [5, 5.41) is 5.13. The molecule has 2 rings (SSSR count). The molecular formula is C17H24ClN3O3S. The number of aromatic nitrogens is 1. The Morgan fingerprint density at radius 1 is 1.28 bits per heavy atom. The summed E-state index contributed by atoms with van der Waals surface area (Å²) >= 11 is 1.34. The Labute approximate surface area is 158 Å². The maximum absolute atomic E-state index is 12.2. The molecule has 1 aromatic heterocycles. The lowest BCUT2D eigenvalue weighted by Crippen LogP contribution is -2.45. The average Bonchev–Trinajstić information content (AvgIpc) is 3.00. The van der Waals surface area contributed by atoms with E-state index in [9.17, 15) is 4.79 Å². The van der Waals surface area contributed by atoms with Crippen molar-refractivity contribution in [1.82, 2.24) is 4.98 Å². The van der Waals surface area contributed by atoms with Crippen molar-refractivity contribution in [2.45, 2.75) is 26.8 Å². The van der Waals surface area contributed by atoms with Gasteiger partial charge in [-0.15, -0.1) is 23.7 Å². The predicted octanol–water partition coefficient (Wildman–Crippen LogP) is 3.56. The van der Waals surface area contributed by atoms with Crippen LogP contribution in [0.25, 0.3) is 11.3 Å². The van der Waals surface area contributed by atoms with Gasteiger partial charge in [-0.2, -0.15) is 0 Å². The number of hydrogen-bond acceptors (Lipinski definition) is 6. The van der Waals surface area contributed by atoms with Crippen molar-refractivity contribution in [3.63, 3.8) is 0 Å². The normalized spacial score (nSPS) is 12.1. The molecule has 138 valence electrons. The molecule has 0 unspecified atom stereocenters. The molecule has 0 radical (unpaired) electrons. The number of ether oxygens (including phenoxy) is 2. The lowest BCUT2D eigenvalue weighted by Gasteiger charge is -2.25. The van der Waals surface area contributed by atoms with Gasteiger partial charge in [0.1, 0.15) is 11.5 Å². The summed E-state index contributed by atoms with van der Waals surface area (Å²) in [6.45, 7) is 5.77. The molecule has 0 saturated heterocycles. The minimum absolute atomic E-state index is 0. The Morgan fingerprint density at radius 2 is 1.96 bits per heavy atom. The monoisotopic (exact) mass is 385 g/mol. The van der Waals surface area contributed by atoms with E-state index in [-0.39, 0.29) is 23.7 Å².